The van der Waals surface area contributed by atoms with Crippen molar-refractivity contribution < 1.29 is 14.3 Å². The molecule has 1 saturated carbocycles. The highest BCUT2D eigenvalue weighted by atomic mass is 19.1. The van der Waals surface area contributed by atoms with Crippen LogP contribution >= 0.6 is 0 Å². The molecular formula is C20H24FN5O2. The molecule has 2 aromatic heterocycles. The maximum Gasteiger partial charge on any atom is 0.326 e. The Kier molecular flexibility index (Phi) is 6.08. The number of aromatic nitrogens is 2. The third kappa shape index (κ3) is 4.21. The predicted octanol–water partition coefficient (Wildman–Crippen LogP) is 3.22. The van der Waals surface area contributed by atoms with Crippen LogP contribution in [-0.4, -0.2) is 32.9 Å². The molecule has 0 saturated heterocycles. The van der Waals surface area contributed by atoms with Crippen LogP contribution in [0.3, 0.4) is 0 Å². The number of halogens is 1. The summed E-state index contributed by atoms with van der Waals surface area (Å²) in [6.07, 6.45) is 8.83. The fourth-order valence-corrected chi connectivity index (χ4v) is 3.60. The number of nitrogens with zero attached hydrogens (tertiary/aromatic N) is 2. The first-order chi connectivity index (χ1) is 13.5. The summed E-state index contributed by atoms with van der Waals surface area (Å²) < 4.78 is 14.4. The average molecular weight is 385 g/mol. The number of pyridine rings is 1. The van der Waals surface area contributed by atoms with Crippen LogP contribution in [-0.2, 0) is 4.79 Å². The number of allylic oxidation sites excluding steroid dienone is 2. The van der Waals surface area contributed by atoms with Gasteiger partial charge in [0.25, 0.3) is 0 Å². The third-order valence-electron chi connectivity index (χ3n) is 5.04. The van der Waals surface area contributed by atoms with Crippen LogP contribution in [0.25, 0.3) is 11.0 Å². The summed E-state index contributed by atoms with van der Waals surface area (Å²) in [5.74, 6) is -2.07. The molecule has 1 atom stereocenters. The minimum absolute atomic E-state index is 0.0477. The molecule has 8 heteroatoms. The molecule has 0 radical (unpaired) electrons. The van der Waals surface area contributed by atoms with Gasteiger partial charge in [0.05, 0.1) is 0 Å². The summed E-state index contributed by atoms with van der Waals surface area (Å²) in [4.78, 5) is 23.1. The highest BCUT2D eigenvalue weighted by Crippen LogP contribution is 2.27. The number of aliphatic carboxylic acids is 1. The normalized spacial score (nSPS) is 17.8. The van der Waals surface area contributed by atoms with E-state index in [2.05, 4.69) is 26.9 Å². The molecule has 0 amide bonds. The number of nitrogens with one attached hydrogen (secondary N) is 2. The van der Waals surface area contributed by atoms with Gasteiger partial charge in [-0.2, -0.15) is 0 Å². The molecule has 0 bridgehead atoms. The number of carboxylic acid groups (broad SMARTS) is 1. The summed E-state index contributed by atoms with van der Waals surface area (Å²) in [7, 11) is 0. The summed E-state index contributed by atoms with van der Waals surface area (Å²) in [6.45, 7) is 3.42. The van der Waals surface area contributed by atoms with E-state index >= 15 is 0 Å². The lowest BCUT2D eigenvalue weighted by Gasteiger charge is -2.28. The van der Waals surface area contributed by atoms with Crippen molar-refractivity contribution in [2.45, 2.75) is 38.1 Å². The molecule has 28 heavy (non-hydrogen) atoms. The number of aromatic amines is 1. The van der Waals surface area contributed by atoms with Gasteiger partial charge in [-0.3, -0.25) is 0 Å². The van der Waals surface area contributed by atoms with Crippen molar-refractivity contribution in [3.8, 4) is 0 Å². The van der Waals surface area contributed by atoms with Gasteiger partial charge in [0.1, 0.15) is 17.5 Å². The Morgan fingerprint density at radius 2 is 2.21 bits per heavy atom. The molecule has 2 heterocycles. The van der Waals surface area contributed by atoms with Crippen LogP contribution in [0.5, 0.6) is 0 Å². The largest absolute Gasteiger partial charge is 0.480 e. The van der Waals surface area contributed by atoms with Gasteiger partial charge >= 0.3 is 5.97 Å². The van der Waals surface area contributed by atoms with Gasteiger partial charge < -0.3 is 21.1 Å². The second kappa shape index (κ2) is 8.69. The molecule has 3 rings (SSSR count). The van der Waals surface area contributed by atoms with Gasteiger partial charge in [-0.05, 0) is 37.0 Å². The Morgan fingerprint density at radius 3 is 2.89 bits per heavy atom. The molecule has 2 aromatic rings. The zero-order chi connectivity index (χ0) is 20.1. The molecule has 1 unspecified atom stereocenters. The zero-order valence-corrected chi connectivity index (χ0v) is 15.5. The predicted molar refractivity (Wildman–Crippen MR) is 106 cm³/mol. The van der Waals surface area contributed by atoms with Crippen LogP contribution < -0.4 is 11.1 Å². The number of nitrogens with two attached hydrogens (primary N) is 1. The van der Waals surface area contributed by atoms with Gasteiger partial charge in [-0.1, -0.05) is 25.8 Å². The maximum atomic E-state index is 14.4. The van der Waals surface area contributed by atoms with Crippen molar-refractivity contribution in [1.82, 2.24) is 15.3 Å². The molecule has 1 aliphatic rings. The third-order valence-corrected chi connectivity index (χ3v) is 5.04. The molecule has 1 fully saturated rings. The number of hydrogen-bond acceptors (Lipinski definition) is 4. The lowest BCUT2D eigenvalue weighted by atomic mass is 9.84. The molecule has 0 spiro atoms. The van der Waals surface area contributed by atoms with E-state index in [-0.39, 0.29) is 17.6 Å². The maximum absolute atomic E-state index is 14.4. The smallest absolute Gasteiger partial charge is 0.326 e. The first-order valence-corrected chi connectivity index (χ1v) is 9.29. The number of rotatable bonds is 7. The Hall–Kier alpha value is -3.16. The highest BCUT2D eigenvalue weighted by molar-refractivity contribution is 6.08. The number of H-pyrrole nitrogens is 1. The van der Waals surface area contributed by atoms with Crippen LogP contribution in [0, 0.1) is 5.92 Å². The van der Waals surface area contributed by atoms with E-state index in [4.69, 9.17) is 5.73 Å². The van der Waals surface area contributed by atoms with Crippen LogP contribution in [0.1, 0.15) is 37.7 Å². The Labute approximate surface area is 162 Å². The second-order valence-electron chi connectivity index (χ2n) is 6.86. The fraction of sp³-hybridized carbons (Fsp3) is 0.350. The van der Waals surface area contributed by atoms with Crippen molar-refractivity contribution in [2.24, 2.45) is 16.6 Å². The number of amidine groups is 1. The van der Waals surface area contributed by atoms with E-state index < -0.39 is 17.8 Å². The van der Waals surface area contributed by atoms with Gasteiger partial charge in [-0.15, -0.1) is 0 Å². The number of carbonyl (C=O) groups is 1. The standard InChI is InChI=1S/C20H24FN5O2/c1-2-15(21)19(25-16(20(27)28)12-7-4-3-5-8-12)26-17(22)14-11-24-18-13(14)9-6-10-23-18/h2,6,9-12,16,25H,1,3-5,7-8H2,(H2,22,26)(H,23,24)(H,27,28)/b19-15+. The van der Waals surface area contributed by atoms with Crippen LogP contribution in [0.2, 0.25) is 0 Å². The van der Waals surface area contributed by atoms with Crippen LogP contribution in [0.15, 0.2) is 53.8 Å². The Morgan fingerprint density at radius 1 is 1.46 bits per heavy atom. The number of fused-ring (bicyclic) bond motifs is 1. The van der Waals surface area contributed by atoms with E-state index in [0.717, 1.165) is 43.6 Å². The molecule has 5 N–H and O–H groups in total. The summed E-state index contributed by atoms with van der Waals surface area (Å²) in [6, 6.07) is 2.64. The minimum atomic E-state index is -1.04. The fourth-order valence-electron chi connectivity index (χ4n) is 3.60. The number of aliphatic imine (C=N–C) groups is 1. The van der Waals surface area contributed by atoms with Crippen molar-refractivity contribution in [3.05, 3.63) is 54.4 Å². The first kappa shape index (κ1) is 19.6. The second-order valence-corrected chi connectivity index (χ2v) is 6.86. The SMILES string of the molecule is C=C/C(F)=C(\N=C(/N)c1c[nH]c2ncccc12)NC(C(=O)O)C1CCCCC1. The lowest BCUT2D eigenvalue weighted by Crippen LogP contribution is -2.43. The summed E-state index contributed by atoms with van der Waals surface area (Å²) in [5.41, 5.74) is 7.30. The Balaban J connectivity index is 1.92. The van der Waals surface area contributed by atoms with E-state index in [1.165, 1.54) is 0 Å². The zero-order valence-electron chi connectivity index (χ0n) is 15.5. The van der Waals surface area contributed by atoms with E-state index in [9.17, 15) is 14.3 Å². The van der Waals surface area contributed by atoms with Gasteiger partial charge in [0.15, 0.2) is 11.6 Å². The van der Waals surface area contributed by atoms with Gasteiger partial charge in [0, 0.05) is 23.3 Å². The van der Waals surface area contributed by atoms with Crippen molar-refractivity contribution >= 4 is 22.8 Å². The van der Waals surface area contributed by atoms with Crippen LogP contribution in [0.4, 0.5) is 4.39 Å². The summed E-state index contributed by atoms with van der Waals surface area (Å²) in [5, 5.41) is 13.2. The highest BCUT2D eigenvalue weighted by Gasteiger charge is 2.30. The minimum Gasteiger partial charge on any atom is -0.480 e. The first-order valence-electron chi connectivity index (χ1n) is 9.29. The quantitative estimate of drug-likeness (QED) is 0.332. The van der Waals surface area contributed by atoms with E-state index in [1.807, 2.05) is 6.07 Å². The molecule has 0 aliphatic heterocycles. The van der Waals surface area contributed by atoms with Crippen molar-refractivity contribution in [2.75, 3.05) is 0 Å². The molecule has 0 aromatic carbocycles. The summed E-state index contributed by atoms with van der Waals surface area (Å²) >= 11 is 0. The molecule has 148 valence electrons. The topological polar surface area (TPSA) is 116 Å². The number of hydrogen-bond donors (Lipinski definition) is 4. The number of carboxylic acids is 1. The van der Waals surface area contributed by atoms with E-state index in [1.54, 1.807) is 18.5 Å². The van der Waals surface area contributed by atoms with Crippen molar-refractivity contribution in [3.63, 3.8) is 0 Å². The van der Waals surface area contributed by atoms with Gasteiger partial charge in [0.2, 0.25) is 0 Å². The van der Waals surface area contributed by atoms with Gasteiger partial charge in [-0.25, -0.2) is 19.2 Å². The molecular weight excluding hydrogens is 361 g/mol. The molecule has 1 aliphatic carbocycles. The monoisotopic (exact) mass is 385 g/mol. The van der Waals surface area contributed by atoms with E-state index in [0.29, 0.717) is 11.2 Å². The lowest BCUT2D eigenvalue weighted by molar-refractivity contribution is -0.141. The Bertz CT molecular complexity index is 928. The van der Waals surface area contributed by atoms with Crippen molar-refractivity contribution in [1.29, 1.82) is 0 Å². The average Bonchev–Trinajstić information content (AvgIpc) is 3.15. The molecule has 7 nitrogen and oxygen atoms in total.